The first-order valence-corrected chi connectivity index (χ1v) is 8.02. The monoisotopic (exact) mass is 347 g/mol. The summed E-state index contributed by atoms with van der Waals surface area (Å²) < 4.78 is 1.17. The lowest BCUT2D eigenvalue weighted by atomic mass is 10.1. The molecule has 2 heterocycles. The van der Waals surface area contributed by atoms with Crippen LogP contribution in [0.3, 0.4) is 0 Å². The van der Waals surface area contributed by atoms with Crippen LogP contribution in [-0.2, 0) is 13.1 Å². The lowest BCUT2D eigenvalue weighted by Gasteiger charge is -2.05. The second-order valence-electron chi connectivity index (χ2n) is 4.43. The van der Waals surface area contributed by atoms with Gasteiger partial charge >= 0.3 is 0 Å². The first-order chi connectivity index (χ1) is 9.84. The molecular formula is C15H14BrN3S. The van der Waals surface area contributed by atoms with Crippen molar-refractivity contribution in [1.29, 1.82) is 0 Å². The summed E-state index contributed by atoms with van der Waals surface area (Å²) in [6.45, 7) is 1.66. The van der Waals surface area contributed by atoms with E-state index in [9.17, 15) is 0 Å². The quantitative estimate of drug-likeness (QED) is 0.726. The third-order valence-corrected chi connectivity index (χ3v) is 5.00. The topological polar surface area (TPSA) is 40.7 Å². The van der Waals surface area contributed by atoms with Gasteiger partial charge in [0, 0.05) is 28.0 Å². The average molecular weight is 348 g/mol. The van der Waals surface area contributed by atoms with Gasteiger partial charge in [-0.25, -0.2) is 0 Å². The molecule has 3 nitrogen and oxygen atoms in total. The van der Waals surface area contributed by atoms with Crippen molar-refractivity contribution < 1.29 is 0 Å². The highest BCUT2D eigenvalue weighted by atomic mass is 79.9. The Hall–Kier alpha value is -1.43. The summed E-state index contributed by atoms with van der Waals surface area (Å²) in [5.41, 5.74) is 3.44. The van der Waals surface area contributed by atoms with E-state index in [1.54, 1.807) is 11.3 Å². The van der Waals surface area contributed by atoms with Gasteiger partial charge in [0.2, 0.25) is 0 Å². The number of H-pyrrole nitrogens is 1. The Morgan fingerprint density at radius 3 is 2.75 bits per heavy atom. The minimum atomic E-state index is 0.797. The molecule has 0 fully saturated rings. The summed E-state index contributed by atoms with van der Waals surface area (Å²) in [7, 11) is 0. The van der Waals surface area contributed by atoms with Gasteiger partial charge < -0.3 is 5.32 Å². The first kappa shape index (κ1) is 13.5. The molecule has 0 aliphatic rings. The normalized spacial score (nSPS) is 10.8. The van der Waals surface area contributed by atoms with Gasteiger partial charge in [0.25, 0.3) is 0 Å². The molecular weight excluding hydrogens is 334 g/mol. The van der Waals surface area contributed by atoms with Crippen LogP contribution in [0.15, 0.2) is 52.4 Å². The maximum atomic E-state index is 4.16. The Kier molecular flexibility index (Phi) is 4.30. The van der Waals surface area contributed by atoms with Crippen molar-refractivity contribution in [3.8, 4) is 11.3 Å². The minimum Gasteiger partial charge on any atom is -0.308 e. The van der Waals surface area contributed by atoms with Crippen molar-refractivity contribution in [3.63, 3.8) is 0 Å². The highest BCUT2D eigenvalue weighted by Crippen LogP contribution is 2.23. The number of halogens is 1. The highest BCUT2D eigenvalue weighted by molar-refractivity contribution is 9.10. The Bertz CT molecular complexity index is 675. The lowest BCUT2D eigenvalue weighted by Crippen LogP contribution is -2.12. The molecule has 2 aromatic heterocycles. The SMILES string of the molecule is Brc1ccsc1CNCc1cn[nH]c1-c1ccccc1. The predicted octanol–water partition coefficient (Wildman–Crippen LogP) is 4.19. The maximum absolute atomic E-state index is 4.16. The van der Waals surface area contributed by atoms with Crippen LogP contribution in [0, 0.1) is 0 Å². The van der Waals surface area contributed by atoms with E-state index >= 15 is 0 Å². The number of hydrogen-bond donors (Lipinski definition) is 2. The summed E-state index contributed by atoms with van der Waals surface area (Å²) in [6, 6.07) is 12.4. The molecule has 0 radical (unpaired) electrons. The van der Waals surface area contributed by atoms with Gasteiger partial charge in [0.05, 0.1) is 11.9 Å². The standard InChI is InChI=1S/C15H14BrN3S/c16-13-6-7-20-14(13)10-17-8-12-9-18-19-15(12)11-4-2-1-3-5-11/h1-7,9,17H,8,10H2,(H,18,19). The summed E-state index contributed by atoms with van der Waals surface area (Å²) in [4.78, 5) is 1.31. The van der Waals surface area contributed by atoms with Crippen molar-refractivity contribution in [1.82, 2.24) is 15.5 Å². The van der Waals surface area contributed by atoms with Crippen LogP contribution >= 0.6 is 27.3 Å². The van der Waals surface area contributed by atoms with Gasteiger partial charge in [-0.3, -0.25) is 5.10 Å². The van der Waals surface area contributed by atoms with Crippen LogP contribution in [0.4, 0.5) is 0 Å². The number of aromatic nitrogens is 2. The number of thiophene rings is 1. The molecule has 2 N–H and O–H groups in total. The largest absolute Gasteiger partial charge is 0.308 e. The van der Waals surface area contributed by atoms with Crippen LogP contribution in [-0.4, -0.2) is 10.2 Å². The number of rotatable bonds is 5. The van der Waals surface area contributed by atoms with Crippen LogP contribution in [0.5, 0.6) is 0 Å². The Labute approximate surface area is 130 Å². The van der Waals surface area contributed by atoms with Crippen LogP contribution < -0.4 is 5.32 Å². The molecule has 0 unspecified atom stereocenters. The van der Waals surface area contributed by atoms with Gasteiger partial charge in [-0.05, 0) is 32.9 Å². The molecule has 5 heteroatoms. The fraction of sp³-hybridized carbons (Fsp3) is 0.133. The molecule has 0 bridgehead atoms. The van der Waals surface area contributed by atoms with E-state index in [0.717, 1.165) is 18.8 Å². The lowest BCUT2D eigenvalue weighted by molar-refractivity contribution is 0.700. The number of aromatic amines is 1. The number of nitrogens with one attached hydrogen (secondary N) is 2. The van der Waals surface area contributed by atoms with E-state index in [2.05, 4.69) is 55.0 Å². The van der Waals surface area contributed by atoms with Gasteiger partial charge in [-0.15, -0.1) is 11.3 Å². The summed E-state index contributed by atoms with van der Waals surface area (Å²) in [6.07, 6.45) is 1.89. The molecule has 0 saturated heterocycles. The van der Waals surface area contributed by atoms with E-state index in [4.69, 9.17) is 0 Å². The second-order valence-corrected chi connectivity index (χ2v) is 6.29. The van der Waals surface area contributed by atoms with Gasteiger partial charge in [0.1, 0.15) is 0 Å². The van der Waals surface area contributed by atoms with Crippen molar-refractivity contribution in [3.05, 3.63) is 62.9 Å². The van der Waals surface area contributed by atoms with Crippen LogP contribution in [0.2, 0.25) is 0 Å². The average Bonchev–Trinajstić information content (AvgIpc) is 3.10. The molecule has 3 aromatic rings. The molecule has 102 valence electrons. The number of benzene rings is 1. The Morgan fingerprint density at radius 1 is 1.15 bits per heavy atom. The third-order valence-electron chi connectivity index (χ3n) is 3.07. The molecule has 0 aliphatic carbocycles. The Morgan fingerprint density at radius 2 is 2.00 bits per heavy atom. The molecule has 0 amide bonds. The van der Waals surface area contributed by atoms with E-state index in [-0.39, 0.29) is 0 Å². The molecule has 0 saturated carbocycles. The van der Waals surface area contributed by atoms with Crippen molar-refractivity contribution in [2.24, 2.45) is 0 Å². The summed E-state index contributed by atoms with van der Waals surface area (Å²) in [5.74, 6) is 0. The molecule has 3 rings (SSSR count). The van der Waals surface area contributed by atoms with E-state index in [1.165, 1.54) is 20.5 Å². The summed E-state index contributed by atoms with van der Waals surface area (Å²) in [5, 5.41) is 12.8. The molecule has 0 atom stereocenters. The van der Waals surface area contributed by atoms with Crippen molar-refractivity contribution in [2.75, 3.05) is 0 Å². The van der Waals surface area contributed by atoms with E-state index < -0.39 is 0 Å². The Balaban J connectivity index is 1.67. The maximum Gasteiger partial charge on any atom is 0.0695 e. The number of nitrogens with zero attached hydrogens (tertiary/aromatic N) is 1. The fourth-order valence-electron chi connectivity index (χ4n) is 2.06. The van der Waals surface area contributed by atoms with Crippen molar-refractivity contribution in [2.45, 2.75) is 13.1 Å². The van der Waals surface area contributed by atoms with Crippen molar-refractivity contribution >= 4 is 27.3 Å². The first-order valence-electron chi connectivity index (χ1n) is 6.35. The smallest absolute Gasteiger partial charge is 0.0695 e. The van der Waals surface area contributed by atoms with Gasteiger partial charge in [-0.1, -0.05) is 30.3 Å². The second kappa shape index (κ2) is 6.35. The van der Waals surface area contributed by atoms with E-state index in [1.807, 2.05) is 24.4 Å². The minimum absolute atomic E-state index is 0.797. The fourth-order valence-corrected chi connectivity index (χ4v) is 3.52. The molecule has 1 aromatic carbocycles. The molecule has 0 aliphatic heterocycles. The predicted molar refractivity (Wildman–Crippen MR) is 86.6 cm³/mol. The highest BCUT2D eigenvalue weighted by Gasteiger charge is 2.07. The van der Waals surface area contributed by atoms with E-state index in [0.29, 0.717) is 0 Å². The van der Waals surface area contributed by atoms with Gasteiger partial charge in [-0.2, -0.15) is 5.10 Å². The van der Waals surface area contributed by atoms with Crippen LogP contribution in [0.1, 0.15) is 10.4 Å². The zero-order chi connectivity index (χ0) is 13.8. The molecule has 20 heavy (non-hydrogen) atoms. The van der Waals surface area contributed by atoms with Gasteiger partial charge in [0.15, 0.2) is 0 Å². The zero-order valence-corrected chi connectivity index (χ0v) is 13.2. The molecule has 0 spiro atoms. The van der Waals surface area contributed by atoms with Crippen LogP contribution in [0.25, 0.3) is 11.3 Å². The zero-order valence-electron chi connectivity index (χ0n) is 10.8. The number of hydrogen-bond acceptors (Lipinski definition) is 3. The summed E-state index contributed by atoms with van der Waals surface area (Å²) >= 11 is 5.30. The third kappa shape index (κ3) is 3.00.